The lowest BCUT2D eigenvalue weighted by Crippen LogP contribution is -2.39. The van der Waals surface area contributed by atoms with E-state index < -0.39 is 0 Å². The van der Waals surface area contributed by atoms with Crippen molar-refractivity contribution < 1.29 is 13.9 Å². The number of benzene rings is 1. The van der Waals surface area contributed by atoms with E-state index in [1.807, 2.05) is 20.0 Å². The number of nitrogens with one attached hydrogen (secondary N) is 1. The zero-order valence-electron chi connectivity index (χ0n) is 10.2. The second kappa shape index (κ2) is 5.58. The van der Waals surface area contributed by atoms with Gasteiger partial charge >= 0.3 is 0 Å². The number of hydrogen-bond donors (Lipinski definition) is 1. The molecule has 1 N–H and O–H groups in total. The zero-order chi connectivity index (χ0) is 12.3. The van der Waals surface area contributed by atoms with Crippen molar-refractivity contribution in [3.63, 3.8) is 0 Å². The molecule has 3 nitrogen and oxygen atoms in total. The molecule has 1 aliphatic heterocycles. The van der Waals surface area contributed by atoms with Gasteiger partial charge in [-0.15, -0.1) is 0 Å². The largest absolute Gasteiger partial charge is 0.376 e. The third-order valence-electron chi connectivity index (χ3n) is 3.09. The van der Waals surface area contributed by atoms with E-state index in [-0.39, 0.29) is 18.0 Å². The van der Waals surface area contributed by atoms with E-state index in [0.717, 1.165) is 11.1 Å². The van der Waals surface area contributed by atoms with Crippen molar-refractivity contribution in [1.29, 1.82) is 0 Å². The number of halogens is 1. The van der Waals surface area contributed by atoms with E-state index in [1.165, 1.54) is 6.07 Å². The Labute approximate surface area is 101 Å². The Morgan fingerprint density at radius 1 is 1.41 bits per heavy atom. The molecule has 0 radical (unpaired) electrons. The lowest BCUT2D eigenvalue weighted by atomic mass is 9.97. The smallest absolute Gasteiger partial charge is 0.123 e. The summed E-state index contributed by atoms with van der Waals surface area (Å²) in [6.07, 6.45) is -0.0158. The summed E-state index contributed by atoms with van der Waals surface area (Å²) in [5.74, 6) is -0.207. The minimum absolute atomic E-state index is 0.0158. The Balaban J connectivity index is 2.21. The molecule has 0 amide bonds. The molecule has 0 aliphatic carbocycles. The molecule has 1 aromatic carbocycles. The zero-order valence-corrected chi connectivity index (χ0v) is 10.2. The van der Waals surface area contributed by atoms with Gasteiger partial charge in [0.15, 0.2) is 0 Å². The quantitative estimate of drug-likeness (QED) is 0.872. The van der Waals surface area contributed by atoms with E-state index >= 15 is 0 Å². The second-order valence-corrected chi connectivity index (χ2v) is 4.25. The number of ether oxygens (including phenoxy) is 2. The molecular formula is C13H18FNO2. The van der Waals surface area contributed by atoms with Gasteiger partial charge in [0.05, 0.1) is 25.9 Å². The molecule has 1 fully saturated rings. The molecule has 17 heavy (non-hydrogen) atoms. The fourth-order valence-corrected chi connectivity index (χ4v) is 2.23. The van der Waals surface area contributed by atoms with Gasteiger partial charge < -0.3 is 14.8 Å². The normalized spacial score (nSPS) is 22.4. The maximum Gasteiger partial charge on any atom is 0.123 e. The summed E-state index contributed by atoms with van der Waals surface area (Å²) in [5, 5.41) is 3.22. The van der Waals surface area contributed by atoms with Crippen molar-refractivity contribution in [2.45, 2.75) is 19.1 Å². The van der Waals surface area contributed by atoms with Crippen molar-refractivity contribution >= 4 is 0 Å². The van der Waals surface area contributed by atoms with Crippen LogP contribution >= 0.6 is 0 Å². The van der Waals surface area contributed by atoms with E-state index in [0.29, 0.717) is 19.8 Å². The number of likely N-dealkylation sites (N-methyl/N-ethyl adjacent to an activating group) is 1. The fraction of sp³-hybridized carbons (Fsp3) is 0.538. The first-order valence-corrected chi connectivity index (χ1v) is 5.85. The highest BCUT2D eigenvalue weighted by atomic mass is 19.1. The number of hydrogen-bond acceptors (Lipinski definition) is 3. The highest BCUT2D eigenvalue weighted by Gasteiger charge is 2.26. The van der Waals surface area contributed by atoms with Crippen LogP contribution in [0.1, 0.15) is 17.2 Å². The average molecular weight is 239 g/mol. The predicted molar refractivity (Wildman–Crippen MR) is 63.5 cm³/mol. The van der Waals surface area contributed by atoms with Gasteiger partial charge in [-0.25, -0.2) is 4.39 Å². The second-order valence-electron chi connectivity index (χ2n) is 4.25. The van der Waals surface area contributed by atoms with Crippen LogP contribution in [0.3, 0.4) is 0 Å². The van der Waals surface area contributed by atoms with Gasteiger partial charge in [-0.05, 0) is 37.2 Å². The van der Waals surface area contributed by atoms with Gasteiger partial charge in [0.2, 0.25) is 0 Å². The van der Waals surface area contributed by atoms with Gasteiger partial charge in [-0.2, -0.15) is 0 Å². The van der Waals surface area contributed by atoms with Crippen molar-refractivity contribution in [2.75, 3.05) is 26.9 Å². The Morgan fingerprint density at radius 2 is 2.24 bits per heavy atom. The standard InChI is InChI=1S/C13H18FNO2/c1-9-7-10(14)3-4-11(9)13(15-2)12-8-16-5-6-17-12/h3-4,7,12-13,15H,5-6,8H2,1-2H3. The maximum absolute atomic E-state index is 13.1. The monoisotopic (exact) mass is 239 g/mol. The molecule has 1 heterocycles. The van der Waals surface area contributed by atoms with Crippen LogP contribution < -0.4 is 5.32 Å². The van der Waals surface area contributed by atoms with Gasteiger partial charge in [0.25, 0.3) is 0 Å². The molecule has 2 rings (SSSR count). The van der Waals surface area contributed by atoms with E-state index in [4.69, 9.17) is 9.47 Å². The van der Waals surface area contributed by atoms with E-state index in [1.54, 1.807) is 6.07 Å². The molecule has 0 spiro atoms. The third-order valence-corrected chi connectivity index (χ3v) is 3.09. The molecule has 1 saturated heterocycles. The molecule has 1 aliphatic rings. The van der Waals surface area contributed by atoms with Crippen molar-refractivity contribution in [1.82, 2.24) is 5.32 Å². The van der Waals surface area contributed by atoms with Crippen LogP contribution in [-0.4, -0.2) is 33.0 Å². The van der Waals surface area contributed by atoms with E-state index in [2.05, 4.69) is 5.32 Å². The Bertz CT molecular complexity index is 378. The molecule has 0 saturated carbocycles. The third kappa shape index (κ3) is 2.83. The predicted octanol–water partition coefficient (Wildman–Crippen LogP) is 1.81. The van der Waals surface area contributed by atoms with Crippen LogP contribution in [0.5, 0.6) is 0 Å². The first-order chi connectivity index (χ1) is 8.22. The van der Waals surface area contributed by atoms with Crippen molar-refractivity contribution in [2.24, 2.45) is 0 Å². The minimum Gasteiger partial charge on any atom is -0.376 e. The lowest BCUT2D eigenvalue weighted by molar-refractivity contribution is -0.101. The highest BCUT2D eigenvalue weighted by Crippen LogP contribution is 2.24. The van der Waals surface area contributed by atoms with Crippen molar-refractivity contribution in [3.05, 3.63) is 35.1 Å². The van der Waals surface area contributed by atoms with Gasteiger partial charge in [-0.1, -0.05) is 6.07 Å². The lowest BCUT2D eigenvalue weighted by Gasteiger charge is -2.31. The topological polar surface area (TPSA) is 30.5 Å². The number of rotatable bonds is 3. The maximum atomic E-state index is 13.1. The van der Waals surface area contributed by atoms with Crippen LogP contribution in [0.2, 0.25) is 0 Å². The SMILES string of the molecule is CNC(c1ccc(F)cc1C)C1COCCO1. The van der Waals surface area contributed by atoms with Crippen LogP contribution in [0.4, 0.5) is 4.39 Å². The summed E-state index contributed by atoms with van der Waals surface area (Å²) in [4.78, 5) is 0. The number of aryl methyl sites for hydroxylation is 1. The molecule has 94 valence electrons. The molecule has 0 aromatic heterocycles. The average Bonchev–Trinajstić information content (AvgIpc) is 2.34. The summed E-state index contributed by atoms with van der Waals surface area (Å²) in [7, 11) is 1.88. The molecule has 2 unspecified atom stereocenters. The fourth-order valence-electron chi connectivity index (χ4n) is 2.23. The first-order valence-electron chi connectivity index (χ1n) is 5.85. The molecule has 1 aromatic rings. The van der Waals surface area contributed by atoms with Crippen LogP contribution in [0.25, 0.3) is 0 Å². The molecule has 0 bridgehead atoms. The van der Waals surface area contributed by atoms with Crippen LogP contribution in [0, 0.1) is 12.7 Å². The molecule has 4 heteroatoms. The summed E-state index contributed by atoms with van der Waals surface area (Å²) in [6, 6.07) is 4.87. The summed E-state index contributed by atoms with van der Waals surface area (Å²) < 4.78 is 24.2. The van der Waals surface area contributed by atoms with Crippen molar-refractivity contribution in [3.8, 4) is 0 Å². The first kappa shape index (κ1) is 12.5. The van der Waals surface area contributed by atoms with Gasteiger partial charge in [-0.3, -0.25) is 0 Å². The highest BCUT2D eigenvalue weighted by molar-refractivity contribution is 5.30. The summed E-state index contributed by atoms with van der Waals surface area (Å²) >= 11 is 0. The molecular weight excluding hydrogens is 221 g/mol. The van der Waals surface area contributed by atoms with Crippen LogP contribution in [0.15, 0.2) is 18.2 Å². The Kier molecular flexibility index (Phi) is 4.10. The summed E-state index contributed by atoms with van der Waals surface area (Å²) in [6.45, 7) is 3.74. The van der Waals surface area contributed by atoms with Crippen LogP contribution in [-0.2, 0) is 9.47 Å². The molecule has 2 atom stereocenters. The van der Waals surface area contributed by atoms with Gasteiger partial charge in [0.1, 0.15) is 11.9 Å². The van der Waals surface area contributed by atoms with Gasteiger partial charge in [0, 0.05) is 0 Å². The summed E-state index contributed by atoms with van der Waals surface area (Å²) in [5.41, 5.74) is 1.99. The Morgan fingerprint density at radius 3 is 2.82 bits per heavy atom. The minimum atomic E-state index is -0.207. The Hall–Kier alpha value is -0.970. The van der Waals surface area contributed by atoms with E-state index in [9.17, 15) is 4.39 Å².